The van der Waals surface area contributed by atoms with Crippen LogP contribution in [0, 0.1) is 11.3 Å². The number of hydrogen-bond donors (Lipinski definition) is 1. The molecule has 24 heavy (non-hydrogen) atoms. The van der Waals surface area contributed by atoms with Crippen LogP contribution in [0.15, 0.2) is 4.99 Å². The maximum Gasteiger partial charge on any atom is 0.205 e. The van der Waals surface area contributed by atoms with E-state index in [4.69, 9.17) is 0 Å². The van der Waals surface area contributed by atoms with E-state index >= 15 is 0 Å². The van der Waals surface area contributed by atoms with Crippen LogP contribution in [-0.2, 0) is 6.42 Å². The van der Waals surface area contributed by atoms with Gasteiger partial charge in [-0.25, -0.2) is 4.98 Å². The van der Waals surface area contributed by atoms with Crippen molar-refractivity contribution in [2.75, 3.05) is 44.7 Å². The van der Waals surface area contributed by atoms with Gasteiger partial charge in [0.05, 0.1) is 0 Å². The minimum atomic E-state index is 0. The predicted octanol–water partition coefficient (Wildman–Crippen LogP) is 2.46. The molecule has 1 unspecified atom stereocenters. The van der Waals surface area contributed by atoms with Gasteiger partial charge < -0.3 is 15.1 Å². The van der Waals surface area contributed by atoms with Crippen molar-refractivity contribution in [3.8, 4) is 0 Å². The number of nitrogens with zero attached hydrogens (tertiary/aromatic N) is 5. The summed E-state index contributed by atoms with van der Waals surface area (Å²) in [5.41, 5.74) is 0.513. The molecule has 2 heterocycles. The van der Waals surface area contributed by atoms with Crippen LogP contribution in [0.5, 0.6) is 0 Å². The second kappa shape index (κ2) is 8.16. The minimum Gasteiger partial charge on any atom is -0.356 e. The van der Waals surface area contributed by atoms with Crippen LogP contribution < -0.4 is 10.2 Å². The molecule has 2 aliphatic rings. The lowest BCUT2D eigenvalue weighted by atomic mass is 10.1. The van der Waals surface area contributed by atoms with E-state index in [-0.39, 0.29) is 24.0 Å². The molecule has 0 aromatic carbocycles. The number of aliphatic imine (C=N–C) groups is 1. The molecule has 1 saturated carbocycles. The Kier molecular flexibility index (Phi) is 6.69. The third-order valence-electron chi connectivity index (χ3n) is 5.06. The van der Waals surface area contributed by atoms with Crippen LogP contribution in [0.4, 0.5) is 5.13 Å². The fourth-order valence-electron chi connectivity index (χ4n) is 3.10. The van der Waals surface area contributed by atoms with Crippen LogP contribution in [0.25, 0.3) is 0 Å². The van der Waals surface area contributed by atoms with Gasteiger partial charge in [0.15, 0.2) is 5.96 Å². The van der Waals surface area contributed by atoms with Crippen LogP contribution >= 0.6 is 35.5 Å². The lowest BCUT2D eigenvalue weighted by Crippen LogP contribution is -2.52. The Labute approximate surface area is 166 Å². The Bertz CT molecular complexity index is 565. The van der Waals surface area contributed by atoms with Crippen LogP contribution in [-0.4, -0.2) is 60.0 Å². The summed E-state index contributed by atoms with van der Waals surface area (Å²) < 4.78 is 4.39. The lowest BCUT2D eigenvalue weighted by molar-refractivity contribution is 0.370. The number of halogens is 1. The Morgan fingerprint density at radius 2 is 2.00 bits per heavy atom. The quantitative estimate of drug-likeness (QED) is 0.422. The third-order valence-corrected chi connectivity index (χ3v) is 5.87. The highest BCUT2D eigenvalue weighted by Crippen LogP contribution is 2.50. The molecule has 0 bridgehead atoms. The fourth-order valence-corrected chi connectivity index (χ4v) is 3.90. The molecule has 0 amide bonds. The van der Waals surface area contributed by atoms with Crippen LogP contribution in [0.2, 0.25) is 0 Å². The first-order valence-electron chi connectivity index (χ1n) is 8.56. The lowest BCUT2D eigenvalue weighted by Gasteiger charge is -2.36. The maximum atomic E-state index is 4.60. The molecule has 0 radical (unpaired) electrons. The van der Waals surface area contributed by atoms with Gasteiger partial charge in [-0.3, -0.25) is 4.99 Å². The van der Waals surface area contributed by atoms with Crippen molar-refractivity contribution in [1.29, 1.82) is 0 Å². The van der Waals surface area contributed by atoms with E-state index in [1.165, 1.54) is 18.0 Å². The van der Waals surface area contributed by atoms with Gasteiger partial charge in [0.25, 0.3) is 0 Å². The number of rotatable bonds is 4. The first-order chi connectivity index (χ1) is 11.0. The van der Waals surface area contributed by atoms with Gasteiger partial charge in [0.1, 0.15) is 5.82 Å². The van der Waals surface area contributed by atoms with E-state index in [2.05, 4.69) is 50.2 Å². The topological polar surface area (TPSA) is 56.7 Å². The number of anilines is 1. The summed E-state index contributed by atoms with van der Waals surface area (Å²) >= 11 is 1.52. The van der Waals surface area contributed by atoms with Gasteiger partial charge >= 0.3 is 0 Å². The van der Waals surface area contributed by atoms with E-state index in [0.29, 0.717) is 5.41 Å². The summed E-state index contributed by atoms with van der Waals surface area (Å²) in [5.74, 6) is 2.78. The van der Waals surface area contributed by atoms with Crippen molar-refractivity contribution in [3.05, 3.63) is 5.82 Å². The van der Waals surface area contributed by atoms with Crippen molar-refractivity contribution in [1.82, 2.24) is 19.6 Å². The SMILES string of the molecule is CCc1nsc(N2CCN(C(=NC)NCC3CC3(C)C)CC2)n1.I. The molecular formula is C16H29IN6S. The Balaban J connectivity index is 0.00000208. The molecule has 1 aromatic heterocycles. The third kappa shape index (κ3) is 4.50. The molecule has 136 valence electrons. The Morgan fingerprint density at radius 1 is 1.33 bits per heavy atom. The highest BCUT2D eigenvalue weighted by Gasteiger charge is 2.45. The maximum absolute atomic E-state index is 4.60. The summed E-state index contributed by atoms with van der Waals surface area (Å²) in [4.78, 5) is 13.7. The van der Waals surface area contributed by atoms with E-state index in [9.17, 15) is 0 Å². The standard InChI is InChI=1S/C16H28N6S.HI/c1-5-13-19-15(23-20-13)22-8-6-21(7-9-22)14(17-4)18-11-12-10-16(12,2)3;/h12H,5-11H2,1-4H3,(H,17,18);1H. The molecule has 1 aliphatic heterocycles. The molecule has 8 heteroatoms. The van der Waals surface area contributed by atoms with Crippen LogP contribution in [0.1, 0.15) is 33.0 Å². The zero-order chi connectivity index (χ0) is 16.4. The highest BCUT2D eigenvalue weighted by atomic mass is 127. The summed E-state index contributed by atoms with van der Waals surface area (Å²) in [6, 6.07) is 0. The number of piperazine rings is 1. The molecule has 6 nitrogen and oxygen atoms in total. The molecule has 1 saturated heterocycles. The van der Waals surface area contributed by atoms with Crippen molar-refractivity contribution < 1.29 is 0 Å². The average Bonchev–Trinajstić information content (AvgIpc) is 2.97. The van der Waals surface area contributed by atoms with Gasteiger partial charge in [-0.2, -0.15) is 4.37 Å². The molecule has 2 fully saturated rings. The van der Waals surface area contributed by atoms with Crippen molar-refractivity contribution in [2.24, 2.45) is 16.3 Å². The zero-order valence-electron chi connectivity index (χ0n) is 15.1. The molecule has 0 spiro atoms. The summed E-state index contributed by atoms with van der Waals surface area (Å²) in [6.45, 7) is 11.7. The number of aromatic nitrogens is 2. The number of aryl methyl sites for hydroxylation is 1. The molecule has 1 aromatic rings. The Morgan fingerprint density at radius 3 is 2.50 bits per heavy atom. The van der Waals surface area contributed by atoms with Gasteiger partial charge in [0, 0.05) is 57.7 Å². The van der Waals surface area contributed by atoms with Crippen LogP contribution in [0.3, 0.4) is 0 Å². The van der Waals surface area contributed by atoms with Crippen molar-refractivity contribution in [2.45, 2.75) is 33.6 Å². The van der Waals surface area contributed by atoms with E-state index < -0.39 is 0 Å². The smallest absolute Gasteiger partial charge is 0.205 e. The normalized spacial score (nSPS) is 23.0. The highest BCUT2D eigenvalue weighted by molar-refractivity contribution is 14.0. The number of hydrogen-bond acceptors (Lipinski definition) is 5. The zero-order valence-corrected chi connectivity index (χ0v) is 18.2. The van der Waals surface area contributed by atoms with Gasteiger partial charge in [-0.1, -0.05) is 20.8 Å². The Hall–Kier alpha value is -0.640. The number of nitrogens with one attached hydrogen (secondary N) is 1. The molecule has 1 N–H and O–H groups in total. The van der Waals surface area contributed by atoms with E-state index in [1.807, 2.05) is 7.05 Å². The number of guanidine groups is 1. The summed E-state index contributed by atoms with van der Waals surface area (Å²) in [5, 5.41) is 4.62. The van der Waals surface area contributed by atoms with Crippen molar-refractivity contribution >= 4 is 46.6 Å². The van der Waals surface area contributed by atoms with E-state index in [0.717, 1.165) is 62.0 Å². The van der Waals surface area contributed by atoms with Gasteiger partial charge in [-0.15, -0.1) is 24.0 Å². The van der Waals surface area contributed by atoms with Gasteiger partial charge in [-0.05, 0) is 17.8 Å². The summed E-state index contributed by atoms with van der Waals surface area (Å²) in [7, 11) is 1.88. The first kappa shape index (κ1) is 19.7. The predicted molar refractivity (Wildman–Crippen MR) is 112 cm³/mol. The summed E-state index contributed by atoms with van der Waals surface area (Å²) in [6.07, 6.45) is 2.23. The average molecular weight is 464 g/mol. The monoisotopic (exact) mass is 464 g/mol. The van der Waals surface area contributed by atoms with Gasteiger partial charge in [0.2, 0.25) is 5.13 Å². The molecule has 3 rings (SSSR count). The molecule has 1 aliphatic carbocycles. The molecular weight excluding hydrogens is 435 g/mol. The second-order valence-electron chi connectivity index (χ2n) is 7.14. The largest absolute Gasteiger partial charge is 0.356 e. The minimum absolute atomic E-state index is 0. The first-order valence-corrected chi connectivity index (χ1v) is 9.34. The fraction of sp³-hybridized carbons (Fsp3) is 0.812. The molecule has 1 atom stereocenters. The second-order valence-corrected chi connectivity index (χ2v) is 7.87. The van der Waals surface area contributed by atoms with Crippen molar-refractivity contribution in [3.63, 3.8) is 0 Å². The van der Waals surface area contributed by atoms with E-state index in [1.54, 1.807) is 0 Å².